The number of hydrogen-bond donors (Lipinski definition) is 2. The van der Waals surface area contributed by atoms with Gasteiger partial charge in [0.1, 0.15) is 0 Å². The molecule has 0 saturated carbocycles. The third-order valence-corrected chi connectivity index (χ3v) is 3.14. The molecule has 0 unspecified atom stereocenters. The SMILES string of the molecule is Cc1cc(C(=O)N(C)Cc2ccncc2)ccc1NN. The van der Waals surface area contributed by atoms with Gasteiger partial charge >= 0.3 is 0 Å². The van der Waals surface area contributed by atoms with Crippen molar-refractivity contribution in [2.45, 2.75) is 13.5 Å². The molecule has 0 radical (unpaired) electrons. The van der Waals surface area contributed by atoms with E-state index in [0.29, 0.717) is 12.1 Å². The summed E-state index contributed by atoms with van der Waals surface area (Å²) < 4.78 is 0. The molecule has 0 spiro atoms. The summed E-state index contributed by atoms with van der Waals surface area (Å²) in [7, 11) is 1.78. The second-order valence-corrected chi connectivity index (χ2v) is 4.69. The van der Waals surface area contributed by atoms with Crippen molar-refractivity contribution in [3.05, 3.63) is 59.4 Å². The van der Waals surface area contributed by atoms with E-state index < -0.39 is 0 Å². The van der Waals surface area contributed by atoms with Gasteiger partial charge in [-0.15, -0.1) is 0 Å². The standard InChI is InChI=1S/C15H18N4O/c1-11-9-13(3-4-14(11)18-16)15(20)19(2)10-12-5-7-17-8-6-12/h3-9,18H,10,16H2,1-2H3. The van der Waals surface area contributed by atoms with Crippen molar-refractivity contribution < 1.29 is 4.79 Å². The number of aromatic nitrogens is 1. The van der Waals surface area contributed by atoms with Crippen LogP contribution < -0.4 is 11.3 Å². The van der Waals surface area contributed by atoms with E-state index in [0.717, 1.165) is 16.8 Å². The van der Waals surface area contributed by atoms with Gasteiger partial charge in [-0.05, 0) is 48.4 Å². The number of nitrogens with one attached hydrogen (secondary N) is 1. The van der Waals surface area contributed by atoms with Crippen molar-refractivity contribution in [2.24, 2.45) is 5.84 Å². The molecule has 2 aromatic rings. The number of pyridine rings is 1. The Morgan fingerprint density at radius 3 is 2.60 bits per heavy atom. The molecule has 0 fully saturated rings. The highest BCUT2D eigenvalue weighted by atomic mass is 16.2. The van der Waals surface area contributed by atoms with Gasteiger partial charge in [-0.3, -0.25) is 15.6 Å². The Balaban J connectivity index is 2.12. The van der Waals surface area contributed by atoms with E-state index >= 15 is 0 Å². The summed E-state index contributed by atoms with van der Waals surface area (Å²) >= 11 is 0. The predicted octanol–water partition coefficient (Wildman–Crippen LogP) is 1.95. The number of nitrogen functional groups attached to an aromatic ring is 1. The van der Waals surface area contributed by atoms with Crippen molar-refractivity contribution >= 4 is 11.6 Å². The first-order chi connectivity index (χ1) is 9.61. The van der Waals surface area contributed by atoms with Gasteiger partial charge < -0.3 is 10.3 Å². The van der Waals surface area contributed by atoms with Crippen molar-refractivity contribution in [1.82, 2.24) is 9.88 Å². The number of anilines is 1. The number of rotatable bonds is 4. The Hall–Kier alpha value is -2.40. The normalized spacial score (nSPS) is 10.2. The van der Waals surface area contributed by atoms with Gasteiger partial charge in [0, 0.05) is 31.5 Å². The maximum absolute atomic E-state index is 12.4. The molecule has 20 heavy (non-hydrogen) atoms. The highest BCUT2D eigenvalue weighted by molar-refractivity contribution is 5.94. The molecule has 104 valence electrons. The van der Waals surface area contributed by atoms with Crippen LogP contribution in [-0.4, -0.2) is 22.8 Å². The van der Waals surface area contributed by atoms with Gasteiger partial charge in [0.15, 0.2) is 0 Å². The maximum Gasteiger partial charge on any atom is 0.253 e. The number of hydrogen-bond acceptors (Lipinski definition) is 4. The summed E-state index contributed by atoms with van der Waals surface area (Å²) in [5, 5.41) is 0. The lowest BCUT2D eigenvalue weighted by molar-refractivity contribution is 0.0785. The van der Waals surface area contributed by atoms with E-state index in [9.17, 15) is 4.79 Å². The number of hydrazine groups is 1. The summed E-state index contributed by atoms with van der Waals surface area (Å²) in [6.45, 7) is 2.46. The third kappa shape index (κ3) is 3.13. The lowest BCUT2D eigenvalue weighted by atomic mass is 10.1. The third-order valence-electron chi connectivity index (χ3n) is 3.14. The summed E-state index contributed by atoms with van der Waals surface area (Å²) in [5.74, 6) is 5.37. The molecule has 0 aliphatic rings. The summed E-state index contributed by atoms with van der Waals surface area (Å²) in [6, 6.07) is 9.21. The molecule has 1 aromatic carbocycles. The lowest BCUT2D eigenvalue weighted by Crippen LogP contribution is -2.26. The monoisotopic (exact) mass is 270 g/mol. The van der Waals surface area contributed by atoms with Crippen molar-refractivity contribution in [3.63, 3.8) is 0 Å². The van der Waals surface area contributed by atoms with Crippen molar-refractivity contribution in [2.75, 3.05) is 12.5 Å². The van der Waals surface area contributed by atoms with E-state index in [1.165, 1.54) is 0 Å². The number of nitrogens with two attached hydrogens (primary N) is 1. The average Bonchev–Trinajstić information content (AvgIpc) is 2.47. The molecule has 5 heteroatoms. The van der Waals surface area contributed by atoms with Crippen LogP contribution >= 0.6 is 0 Å². The number of carbonyl (C=O) groups is 1. The fourth-order valence-corrected chi connectivity index (χ4v) is 2.01. The molecule has 1 aromatic heterocycles. The van der Waals surface area contributed by atoms with Crippen LogP contribution in [0.5, 0.6) is 0 Å². The molecule has 2 rings (SSSR count). The quantitative estimate of drug-likeness (QED) is 0.658. The van der Waals surface area contributed by atoms with Gasteiger partial charge in [0.2, 0.25) is 0 Å². The topological polar surface area (TPSA) is 71.2 Å². The molecule has 5 nitrogen and oxygen atoms in total. The highest BCUT2D eigenvalue weighted by Gasteiger charge is 2.13. The Kier molecular flexibility index (Phi) is 4.32. The molecular weight excluding hydrogens is 252 g/mol. The van der Waals surface area contributed by atoms with E-state index in [2.05, 4.69) is 10.4 Å². The van der Waals surface area contributed by atoms with E-state index in [1.54, 1.807) is 30.4 Å². The molecule has 1 heterocycles. The predicted molar refractivity (Wildman–Crippen MR) is 79.0 cm³/mol. The number of benzene rings is 1. The van der Waals surface area contributed by atoms with E-state index in [-0.39, 0.29) is 5.91 Å². The van der Waals surface area contributed by atoms with Crippen LogP contribution in [-0.2, 0) is 6.54 Å². The smallest absolute Gasteiger partial charge is 0.253 e. The number of aryl methyl sites for hydroxylation is 1. The zero-order valence-corrected chi connectivity index (χ0v) is 11.6. The first-order valence-corrected chi connectivity index (χ1v) is 6.33. The Morgan fingerprint density at radius 2 is 2.00 bits per heavy atom. The molecule has 0 aliphatic carbocycles. The van der Waals surface area contributed by atoms with Gasteiger partial charge in [0.05, 0.1) is 5.69 Å². The minimum absolute atomic E-state index is 0.0199. The zero-order chi connectivity index (χ0) is 14.5. The molecule has 0 atom stereocenters. The van der Waals surface area contributed by atoms with Gasteiger partial charge in [-0.1, -0.05) is 0 Å². The zero-order valence-electron chi connectivity index (χ0n) is 11.6. The molecule has 3 N–H and O–H groups in total. The fraction of sp³-hybridized carbons (Fsp3) is 0.200. The summed E-state index contributed by atoms with van der Waals surface area (Å²) in [4.78, 5) is 18.0. The van der Waals surface area contributed by atoms with Crippen LogP contribution in [0.3, 0.4) is 0 Å². The first-order valence-electron chi connectivity index (χ1n) is 6.33. The molecule has 0 aliphatic heterocycles. The largest absolute Gasteiger partial charge is 0.337 e. The fourth-order valence-electron chi connectivity index (χ4n) is 2.01. The second-order valence-electron chi connectivity index (χ2n) is 4.69. The Labute approximate surface area is 118 Å². The molecule has 0 bridgehead atoms. The van der Waals surface area contributed by atoms with Crippen molar-refractivity contribution in [3.8, 4) is 0 Å². The van der Waals surface area contributed by atoms with Crippen LogP contribution in [0, 0.1) is 6.92 Å². The van der Waals surface area contributed by atoms with Crippen LogP contribution in [0.2, 0.25) is 0 Å². The second kappa shape index (κ2) is 6.16. The van der Waals surface area contributed by atoms with E-state index in [1.807, 2.05) is 31.2 Å². The minimum atomic E-state index is -0.0199. The molecular formula is C15H18N4O. The van der Waals surface area contributed by atoms with Gasteiger partial charge in [-0.2, -0.15) is 0 Å². The molecule has 1 amide bonds. The molecule has 0 saturated heterocycles. The average molecular weight is 270 g/mol. The van der Waals surface area contributed by atoms with Crippen LogP contribution in [0.15, 0.2) is 42.7 Å². The number of carbonyl (C=O) groups excluding carboxylic acids is 1. The maximum atomic E-state index is 12.4. The van der Waals surface area contributed by atoms with Crippen molar-refractivity contribution in [1.29, 1.82) is 0 Å². The minimum Gasteiger partial charge on any atom is -0.337 e. The van der Waals surface area contributed by atoms with Crippen LogP contribution in [0.4, 0.5) is 5.69 Å². The first kappa shape index (κ1) is 14.0. The Bertz CT molecular complexity index is 598. The lowest BCUT2D eigenvalue weighted by Gasteiger charge is -2.18. The van der Waals surface area contributed by atoms with Crippen LogP contribution in [0.25, 0.3) is 0 Å². The summed E-state index contributed by atoms with van der Waals surface area (Å²) in [5.41, 5.74) is 6.06. The summed E-state index contributed by atoms with van der Waals surface area (Å²) in [6.07, 6.45) is 3.44. The number of nitrogens with zero attached hydrogens (tertiary/aromatic N) is 2. The van der Waals surface area contributed by atoms with Gasteiger partial charge in [0.25, 0.3) is 5.91 Å². The van der Waals surface area contributed by atoms with Crippen LogP contribution in [0.1, 0.15) is 21.5 Å². The van der Waals surface area contributed by atoms with Gasteiger partial charge in [-0.25, -0.2) is 0 Å². The van der Waals surface area contributed by atoms with E-state index in [4.69, 9.17) is 5.84 Å². The highest BCUT2D eigenvalue weighted by Crippen LogP contribution is 2.17. The number of amides is 1. The Morgan fingerprint density at radius 1 is 1.30 bits per heavy atom.